The van der Waals surface area contributed by atoms with E-state index in [0.29, 0.717) is 35.9 Å². The zero-order valence-electron chi connectivity index (χ0n) is 15.2. The molecule has 1 aliphatic rings. The first kappa shape index (κ1) is 18.0. The number of hydrogen-bond donors (Lipinski definition) is 0. The van der Waals surface area contributed by atoms with E-state index in [4.69, 9.17) is 11.6 Å². The van der Waals surface area contributed by atoms with E-state index in [-0.39, 0.29) is 11.7 Å². The lowest BCUT2D eigenvalue weighted by Crippen LogP contribution is -2.48. The Kier molecular flexibility index (Phi) is 4.89. The van der Waals surface area contributed by atoms with Gasteiger partial charge in [-0.05, 0) is 24.3 Å². The Balaban J connectivity index is 1.44. The van der Waals surface area contributed by atoms with Crippen molar-refractivity contribution in [1.29, 1.82) is 0 Å². The van der Waals surface area contributed by atoms with E-state index in [1.54, 1.807) is 6.07 Å². The van der Waals surface area contributed by atoms with Crippen LogP contribution in [0.5, 0.6) is 0 Å². The predicted octanol–water partition coefficient (Wildman–Crippen LogP) is 3.93. The summed E-state index contributed by atoms with van der Waals surface area (Å²) in [5, 5.41) is 1.66. The molecule has 0 unspecified atom stereocenters. The lowest BCUT2D eigenvalue weighted by atomic mass is 10.2. The van der Waals surface area contributed by atoms with Gasteiger partial charge in [-0.1, -0.05) is 35.9 Å². The van der Waals surface area contributed by atoms with E-state index < -0.39 is 0 Å². The van der Waals surface area contributed by atoms with Crippen LogP contribution in [0.4, 0.5) is 4.39 Å². The molecule has 6 heteroatoms. The molecule has 27 heavy (non-hydrogen) atoms. The van der Waals surface area contributed by atoms with Gasteiger partial charge in [0.15, 0.2) is 0 Å². The van der Waals surface area contributed by atoms with Crippen LogP contribution in [-0.4, -0.2) is 46.5 Å². The molecule has 0 bridgehead atoms. The highest BCUT2D eigenvalue weighted by Crippen LogP contribution is 2.24. The average molecular weight is 386 g/mol. The number of carbonyl (C=O) groups is 1. The molecule has 1 fully saturated rings. The number of piperazine rings is 1. The minimum Gasteiger partial charge on any atom is -0.340 e. The van der Waals surface area contributed by atoms with Gasteiger partial charge >= 0.3 is 0 Å². The second-order valence-electron chi connectivity index (χ2n) is 6.95. The van der Waals surface area contributed by atoms with Crippen molar-refractivity contribution in [1.82, 2.24) is 14.4 Å². The molecule has 4 nitrogen and oxygen atoms in total. The average Bonchev–Trinajstić information content (AvgIpc) is 3.00. The number of aryl methyl sites for hydroxylation is 1. The number of carbonyl (C=O) groups excluding carboxylic acids is 1. The molecule has 1 aliphatic heterocycles. The molecule has 0 aliphatic carbocycles. The molecule has 0 spiro atoms. The summed E-state index contributed by atoms with van der Waals surface area (Å²) in [6.45, 7) is 3.30. The van der Waals surface area contributed by atoms with Crippen molar-refractivity contribution < 1.29 is 9.18 Å². The lowest BCUT2D eigenvalue weighted by Gasteiger charge is -2.34. The SMILES string of the molecule is Cn1c(C(=O)N2CCN(Cc3ccccc3F)CC2)cc2ccc(Cl)cc21. The number of hydrogen-bond acceptors (Lipinski definition) is 2. The second-order valence-corrected chi connectivity index (χ2v) is 7.39. The number of fused-ring (bicyclic) bond motifs is 1. The van der Waals surface area contributed by atoms with Crippen molar-refractivity contribution in [2.45, 2.75) is 6.54 Å². The van der Waals surface area contributed by atoms with Crippen LogP contribution in [0, 0.1) is 5.82 Å². The fourth-order valence-corrected chi connectivity index (χ4v) is 3.81. The molecule has 0 radical (unpaired) electrons. The minimum absolute atomic E-state index is 0.0235. The van der Waals surface area contributed by atoms with Crippen LogP contribution < -0.4 is 0 Å². The van der Waals surface area contributed by atoms with Gasteiger partial charge in [-0.3, -0.25) is 9.69 Å². The smallest absolute Gasteiger partial charge is 0.270 e. The first-order chi connectivity index (χ1) is 13.0. The third-order valence-corrected chi connectivity index (χ3v) is 5.47. The highest BCUT2D eigenvalue weighted by molar-refractivity contribution is 6.31. The Bertz CT molecular complexity index is 992. The van der Waals surface area contributed by atoms with Gasteiger partial charge in [0.1, 0.15) is 11.5 Å². The van der Waals surface area contributed by atoms with Crippen molar-refractivity contribution in [2.24, 2.45) is 7.05 Å². The molecule has 2 heterocycles. The molecule has 0 atom stereocenters. The van der Waals surface area contributed by atoms with E-state index in [9.17, 15) is 9.18 Å². The Labute approximate surface area is 162 Å². The predicted molar refractivity (Wildman–Crippen MR) is 106 cm³/mol. The number of rotatable bonds is 3. The van der Waals surface area contributed by atoms with Crippen molar-refractivity contribution in [3.05, 3.63) is 70.6 Å². The maximum absolute atomic E-state index is 13.8. The number of halogens is 2. The van der Waals surface area contributed by atoms with Crippen LogP contribution in [0.1, 0.15) is 16.1 Å². The molecule has 0 N–H and O–H groups in total. The Morgan fingerprint density at radius 2 is 1.81 bits per heavy atom. The third-order valence-electron chi connectivity index (χ3n) is 5.24. The topological polar surface area (TPSA) is 28.5 Å². The van der Waals surface area contributed by atoms with E-state index in [1.807, 2.05) is 52.9 Å². The summed E-state index contributed by atoms with van der Waals surface area (Å²) in [6, 6.07) is 14.4. The van der Waals surface area contributed by atoms with Crippen molar-refractivity contribution in [3.63, 3.8) is 0 Å². The molecule has 1 amide bonds. The summed E-state index contributed by atoms with van der Waals surface area (Å²) >= 11 is 6.08. The molecular formula is C21H21ClFN3O. The Hall–Kier alpha value is -2.37. The molecule has 1 saturated heterocycles. The normalized spacial score (nSPS) is 15.4. The minimum atomic E-state index is -0.176. The van der Waals surface area contributed by atoms with Crippen LogP contribution in [0.25, 0.3) is 10.9 Å². The zero-order chi connectivity index (χ0) is 19.0. The molecular weight excluding hydrogens is 365 g/mol. The molecule has 3 aromatic rings. The summed E-state index contributed by atoms with van der Waals surface area (Å²) in [5.41, 5.74) is 2.31. The lowest BCUT2D eigenvalue weighted by molar-refractivity contribution is 0.0618. The number of benzene rings is 2. The van der Waals surface area contributed by atoms with Gasteiger partial charge < -0.3 is 9.47 Å². The summed E-state index contributed by atoms with van der Waals surface area (Å²) < 4.78 is 15.7. The second kappa shape index (κ2) is 7.33. The Morgan fingerprint density at radius 1 is 1.07 bits per heavy atom. The van der Waals surface area contributed by atoms with Crippen molar-refractivity contribution >= 4 is 28.4 Å². The zero-order valence-corrected chi connectivity index (χ0v) is 15.9. The van der Waals surface area contributed by atoms with Crippen LogP contribution >= 0.6 is 11.6 Å². The van der Waals surface area contributed by atoms with Gasteiger partial charge in [0.25, 0.3) is 5.91 Å². The van der Waals surface area contributed by atoms with Crippen molar-refractivity contribution in [2.75, 3.05) is 26.2 Å². The summed E-state index contributed by atoms with van der Waals surface area (Å²) in [4.78, 5) is 17.0. The fourth-order valence-electron chi connectivity index (χ4n) is 3.65. The molecule has 140 valence electrons. The quantitative estimate of drug-likeness (QED) is 0.683. The third kappa shape index (κ3) is 3.57. The number of amides is 1. The molecule has 4 rings (SSSR count). The standard InChI is InChI=1S/C21H21ClFN3O/c1-24-19-13-17(22)7-6-15(19)12-20(24)21(27)26-10-8-25(9-11-26)14-16-4-2-3-5-18(16)23/h2-7,12-13H,8-11,14H2,1H3. The first-order valence-corrected chi connectivity index (χ1v) is 9.41. The van der Waals surface area contributed by atoms with E-state index in [2.05, 4.69) is 4.90 Å². The van der Waals surface area contributed by atoms with Gasteiger partial charge in [0.05, 0.1) is 0 Å². The monoisotopic (exact) mass is 385 g/mol. The van der Waals surface area contributed by atoms with Crippen molar-refractivity contribution in [3.8, 4) is 0 Å². The van der Waals surface area contributed by atoms with Gasteiger partial charge in [-0.15, -0.1) is 0 Å². The summed E-state index contributed by atoms with van der Waals surface area (Å²) in [6.07, 6.45) is 0. The van der Waals surface area contributed by atoms with E-state index in [0.717, 1.165) is 24.0 Å². The largest absolute Gasteiger partial charge is 0.340 e. The van der Waals surface area contributed by atoms with E-state index >= 15 is 0 Å². The fraction of sp³-hybridized carbons (Fsp3) is 0.286. The van der Waals surface area contributed by atoms with Gasteiger partial charge in [-0.25, -0.2) is 4.39 Å². The van der Waals surface area contributed by atoms with Crippen LogP contribution in [0.3, 0.4) is 0 Å². The molecule has 1 aromatic heterocycles. The van der Waals surface area contributed by atoms with Crippen LogP contribution in [0.2, 0.25) is 5.02 Å². The highest BCUT2D eigenvalue weighted by Gasteiger charge is 2.25. The number of nitrogens with zero attached hydrogens (tertiary/aromatic N) is 3. The molecule has 0 saturated carbocycles. The first-order valence-electron chi connectivity index (χ1n) is 9.03. The maximum Gasteiger partial charge on any atom is 0.270 e. The van der Waals surface area contributed by atoms with Gasteiger partial charge in [0, 0.05) is 61.3 Å². The summed E-state index contributed by atoms with van der Waals surface area (Å²) in [5.74, 6) is -0.152. The maximum atomic E-state index is 13.8. The van der Waals surface area contributed by atoms with E-state index in [1.165, 1.54) is 6.07 Å². The summed E-state index contributed by atoms with van der Waals surface area (Å²) in [7, 11) is 1.89. The van der Waals surface area contributed by atoms with Gasteiger partial charge in [-0.2, -0.15) is 0 Å². The Morgan fingerprint density at radius 3 is 2.56 bits per heavy atom. The van der Waals surface area contributed by atoms with Crippen LogP contribution in [0.15, 0.2) is 48.5 Å². The molecule has 2 aromatic carbocycles. The van der Waals surface area contributed by atoms with Crippen LogP contribution in [-0.2, 0) is 13.6 Å². The number of aromatic nitrogens is 1. The highest BCUT2D eigenvalue weighted by atomic mass is 35.5. The van der Waals surface area contributed by atoms with Gasteiger partial charge in [0.2, 0.25) is 0 Å².